The lowest BCUT2D eigenvalue weighted by molar-refractivity contribution is -0.137. The molecule has 0 spiro atoms. The highest BCUT2D eigenvalue weighted by Gasteiger charge is 2.29. The minimum Gasteiger partial charge on any atom is -0.502 e. The molecule has 6 nitrogen and oxygen atoms in total. The van der Waals surface area contributed by atoms with Crippen LogP contribution in [0.4, 0.5) is 13.2 Å². The van der Waals surface area contributed by atoms with Gasteiger partial charge in [-0.2, -0.15) is 13.2 Å². The molecule has 2 aromatic rings. The summed E-state index contributed by atoms with van der Waals surface area (Å²) in [6.45, 7) is 4.23. The van der Waals surface area contributed by atoms with Gasteiger partial charge in [0.15, 0.2) is 5.76 Å². The maximum atomic E-state index is 12.6. The van der Waals surface area contributed by atoms with Crippen molar-refractivity contribution in [2.24, 2.45) is 0 Å². The van der Waals surface area contributed by atoms with E-state index in [9.17, 15) is 23.1 Å². The molecule has 1 aromatic heterocycles. The first-order valence-electron chi connectivity index (χ1n) is 9.98. The van der Waals surface area contributed by atoms with Crippen LogP contribution in [0.1, 0.15) is 35.5 Å². The highest BCUT2D eigenvalue weighted by Crippen LogP contribution is 2.29. The van der Waals surface area contributed by atoms with Crippen molar-refractivity contribution in [3.05, 3.63) is 63.2 Å². The molecule has 1 aliphatic rings. The van der Waals surface area contributed by atoms with Crippen LogP contribution in [-0.4, -0.2) is 36.2 Å². The van der Waals surface area contributed by atoms with Crippen LogP contribution in [0.5, 0.6) is 5.75 Å². The van der Waals surface area contributed by atoms with Gasteiger partial charge in [-0.1, -0.05) is 12.1 Å². The summed E-state index contributed by atoms with van der Waals surface area (Å²) in [6.07, 6.45) is -2.06. The highest BCUT2D eigenvalue weighted by molar-refractivity contribution is 5.25. The summed E-state index contributed by atoms with van der Waals surface area (Å²) in [7, 11) is 0. The third-order valence-electron chi connectivity index (χ3n) is 5.00. The first-order valence-corrected chi connectivity index (χ1v) is 9.98. The quantitative estimate of drug-likeness (QED) is 0.537. The van der Waals surface area contributed by atoms with Gasteiger partial charge in [-0.15, -0.1) is 0 Å². The third kappa shape index (κ3) is 6.32. The minimum absolute atomic E-state index is 0.205. The Hall–Kier alpha value is -2.36. The SMILES string of the molecule is O=c1cc(CN2CCCC2)oc(CNCCNCc2ccc(C(F)(F)F)cc2)c1O. The van der Waals surface area contributed by atoms with Gasteiger partial charge in [-0.3, -0.25) is 9.69 Å². The number of aromatic hydroxyl groups is 1. The van der Waals surface area contributed by atoms with Gasteiger partial charge < -0.3 is 20.2 Å². The zero-order valence-corrected chi connectivity index (χ0v) is 16.6. The van der Waals surface area contributed by atoms with Gasteiger partial charge in [0, 0.05) is 25.7 Å². The molecule has 3 N–H and O–H groups in total. The Morgan fingerprint density at radius 2 is 1.67 bits per heavy atom. The number of hydrogen-bond acceptors (Lipinski definition) is 6. The van der Waals surface area contributed by atoms with Crippen molar-refractivity contribution < 1.29 is 22.7 Å². The predicted octanol–water partition coefficient (Wildman–Crippen LogP) is 2.84. The largest absolute Gasteiger partial charge is 0.502 e. The molecule has 2 heterocycles. The predicted molar refractivity (Wildman–Crippen MR) is 106 cm³/mol. The smallest absolute Gasteiger partial charge is 0.416 e. The highest BCUT2D eigenvalue weighted by atomic mass is 19.4. The Kier molecular flexibility index (Phi) is 7.52. The standard InChI is InChI=1S/C21H26F3N3O3/c22-21(23,24)16-5-3-15(4-6-16)12-25-7-8-26-13-19-20(29)18(28)11-17(30-19)14-27-9-1-2-10-27/h3-6,11,25-26,29H,1-2,7-10,12-14H2. The minimum atomic E-state index is -4.33. The summed E-state index contributed by atoms with van der Waals surface area (Å²) >= 11 is 0. The first-order chi connectivity index (χ1) is 14.3. The van der Waals surface area contributed by atoms with Crippen molar-refractivity contribution in [2.75, 3.05) is 26.2 Å². The molecule has 9 heteroatoms. The normalized spacial score (nSPS) is 15.0. The van der Waals surface area contributed by atoms with Gasteiger partial charge in [-0.25, -0.2) is 0 Å². The first kappa shape index (κ1) is 22.3. The Labute approximate surface area is 172 Å². The monoisotopic (exact) mass is 425 g/mol. The van der Waals surface area contributed by atoms with Crippen molar-refractivity contribution in [3.8, 4) is 5.75 Å². The number of nitrogens with one attached hydrogen (secondary N) is 2. The molecule has 0 aliphatic carbocycles. The summed E-state index contributed by atoms with van der Waals surface area (Å²) in [6, 6.07) is 6.36. The lowest BCUT2D eigenvalue weighted by Crippen LogP contribution is -2.27. The molecule has 1 fully saturated rings. The molecule has 0 bridgehead atoms. The van der Waals surface area contributed by atoms with Crippen LogP contribution in [-0.2, 0) is 25.8 Å². The van der Waals surface area contributed by atoms with E-state index in [1.807, 2.05) is 0 Å². The molecule has 164 valence electrons. The second-order valence-electron chi connectivity index (χ2n) is 7.38. The maximum absolute atomic E-state index is 12.6. The number of rotatable bonds is 9. The van der Waals surface area contributed by atoms with Gasteiger partial charge in [0.1, 0.15) is 5.76 Å². The van der Waals surface area contributed by atoms with E-state index in [1.54, 1.807) is 0 Å². The molecule has 1 aliphatic heterocycles. The maximum Gasteiger partial charge on any atom is 0.416 e. The molecule has 0 saturated carbocycles. The van der Waals surface area contributed by atoms with Gasteiger partial charge >= 0.3 is 6.18 Å². The molecular formula is C21H26F3N3O3. The number of likely N-dealkylation sites (tertiary alicyclic amines) is 1. The molecule has 0 radical (unpaired) electrons. The van der Waals surface area contributed by atoms with E-state index in [2.05, 4.69) is 15.5 Å². The topological polar surface area (TPSA) is 77.7 Å². The van der Waals surface area contributed by atoms with Crippen molar-refractivity contribution in [1.29, 1.82) is 0 Å². The average molecular weight is 425 g/mol. The summed E-state index contributed by atoms with van der Waals surface area (Å²) in [5.74, 6) is 0.363. The molecule has 30 heavy (non-hydrogen) atoms. The van der Waals surface area contributed by atoms with Crippen molar-refractivity contribution >= 4 is 0 Å². The lowest BCUT2D eigenvalue weighted by atomic mass is 10.1. The van der Waals surface area contributed by atoms with Crippen molar-refractivity contribution in [3.63, 3.8) is 0 Å². The van der Waals surface area contributed by atoms with Crippen molar-refractivity contribution in [1.82, 2.24) is 15.5 Å². The molecule has 3 rings (SSSR count). The fraction of sp³-hybridized carbons (Fsp3) is 0.476. The Balaban J connectivity index is 1.41. The van der Waals surface area contributed by atoms with E-state index >= 15 is 0 Å². The molecule has 1 saturated heterocycles. The Bertz CT molecular complexity index is 876. The van der Waals surface area contributed by atoms with E-state index < -0.39 is 17.2 Å². The lowest BCUT2D eigenvalue weighted by Gasteiger charge is -2.14. The third-order valence-corrected chi connectivity index (χ3v) is 5.00. The molecule has 1 aromatic carbocycles. The zero-order chi connectivity index (χ0) is 21.6. The molecule has 0 atom stereocenters. The fourth-order valence-corrected chi connectivity index (χ4v) is 3.37. The Morgan fingerprint density at radius 1 is 1.03 bits per heavy atom. The van der Waals surface area contributed by atoms with E-state index in [0.717, 1.165) is 43.6 Å². The van der Waals surface area contributed by atoms with Crippen LogP contribution in [0.25, 0.3) is 0 Å². The number of nitrogens with zero attached hydrogens (tertiary/aromatic N) is 1. The summed E-state index contributed by atoms with van der Waals surface area (Å²) in [5, 5.41) is 16.2. The van der Waals surface area contributed by atoms with E-state index in [0.29, 0.717) is 31.9 Å². The van der Waals surface area contributed by atoms with Gasteiger partial charge in [0.05, 0.1) is 18.7 Å². The van der Waals surface area contributed by atoms with Gasteiger partial charge in [-0.05, 0) is 43.6 Å². The van der Waals surface area contributed by atoms with E-state index in [-0.39, 0.29) is 18.1 Å². The summed E-state index contributed by atoms with van der Waals surface area (Å²) in [4.78, 5) is 14.2. The van der Waals surface area contributed by atoms with E-state index in [1.165, 1.54) is 18.2 Å². The fourth-order valence-electron chi connectivity index (χ4n) is 3.37. The number of hydrogen-bond donors (Lipinski definition) is 3. The molecular weight excluding hydrogens is 399 g/mol. The molecule has 0 unspecified atom stereocenters. The number of halogens is 3. The number of benzene rings is 1. The average Bonchev–Trinajstić information content (AvgIpc) is 3.20. The van der Waals surface area contributed by atoms with Crippen LogP contribution in [0.3, 0.4) is 0 Å². The van der Waals surface area contributed by atoms with Crippen LogP contribution in [0.15, 0.2) is 39.5 Å². The van der Waals surface area contributed by atoms with Crippen LogP contribution < -0.4 is 16.1 Å². The number of alkyl halides is 3. The molecule has 0 amide bonds. The summed E-state index contributed by atoms with van der Waals surface area (Å²) < 4.78 is 43.4. The van der Waals surface area contributed by atoms with Crippen LogP contribution >= 0.6 is 0 Å². The summed E-state index contributed by atoms with van der Waals surface area (Å²) in [5.41, 5.74) is -0.366. The van der Waals surface area contributed by atoms with E-state index in [4.69, 9.17) is 4.42 Å². The van der Waals surface area contributed by atoms with Crippen LogP contribution in [0, 0.1) is 0 Å². The second-order valence-corrected chi connectivity index (χ2v) is 7.38. The second kappa shape index (κ2) is 10.1. The van der Waals surface area contributed by atoms with Gasteiger partial charge in [0.25, 0.3) is 0 Å². The Morgan fingerprint density at radius 3 is 2.30 bits per heavy atom. The van der Waals surface area contributed by atoms with Gasteiger partial charge in [0.2, 0.25) is 11.2 Å². The van der Waals surface area contributed by atoms with Crippen LogP contribution in [0.2, 0.25) is 0 Å². The van der Waals surface area contributed by atoms with Crippen molar-refractivity contribution in [2.45, 2.75) is 38.7 Å². The zero-order valence-electron chi connectivity index (χ0n) is 16.6.